The van der Waals surface area contributed by atoms with Gasteiger partial charge < -0.3 is 17.0 Å². The summed E-state index contributed by atoms with van der Waals surface area (Å²) in [5.74, 6) is 0. The van der Waals surface area contributed by atoms with Gasteiger partial charge >= 0.3 is 173 Å². The van der Waals surface area contributed by atoms with E-state index in [4.69, 9.17) is 0 Å². The van der Waals surface area contributed by atoms with Gasteiger partial charge in [0, 0.05) is 0 Å². The van der Waals surface area contributed by atoms with Gasteiger partial charge in [-0.15, -0.1) is 0 Å². The maximum absolute atomic E-state index is 11.3. The summed E-state index contributed by atoms with van der Waals surface area (Å²) < 4.78 is 3.98. The molecule has 0 heterocycles. The molecular weight excluding hydrogens is 501 g/mol. The van der Waals surface area contributed by atoms with Gasteiger partial charge in [0.25, 0.3) is 0 Å². The van der Waals surface area contributed by atoms with E-state index < -0.39 is 13.6 Å². The van der Waals surface area contributed by atoms with Crippen LogP contribution in [0.3, 0.4) is 0 Å². The SMILES string of the molecule is O=[N+]([O-])c1cccc(C[As+](c2ccccc2)(c2ccccc2)c2ccccc2)c1.[Br-]. The zero-order chi connectivity index (χ0) is 20.1. The molecule has 0 aliphatic rings. The third-order valence-corrected chi connectivity index (χ3v) is 14.3. The van der Waals surface area contributed by atoms with Gasteiger partial charge in [-0.25, -0.2) is 0 Å². The number of hydrogen-bond donors (Lipinski definition) is 0. The maximum Gasteiger partial charge on any atom is -1.00 e. The first-order valence-corrected chi connectivity index (χ1v) is 13.6. The molecule has 0 saturated heterocycles. The minimum absolute atomic E-state index is 0. The maximum atomic E-state index is 11.3. The van der Waals surface area contributed by atoms with Crippen LogP contribution in [0.15, 0.2) is 115 Å². The van der Waals surface area contributed by atoms with Crippen molar-refractivity contribution < 1.29 is 21.9 Å². The Hall–Kier alpha value is -2.68. The quantitative estimate of drug-likeness (QED) is 0.214. The minimum atomic E-state index is -2.92. The molecule has 3 nitrogen and oxygen atoms in total. The van der Waals surface area contributed by atoms with Gasteiger partial charge in [0.15, 0.2) is 0 Å². The Morgan fingerprint density at radius 3 is 1.47 bits per heavy atom. The average molecular weight is 522 g/mol. The van der Waals surface area contributed by atoms with Crippen LogP contribution in [0.5, 0.6) is 0 Å². The molecule has 0 atom stereocenters. The van der Waals surface area contributed by atoms with Crippen molar-refractivity contribution >= 4 is 32.3 Å². The number of hydrogen-bond acceptors (Lipinski definition) is 2. The van der Waals surface area contributed by atoms with Crippen LogP contribution in [0.25, 0.3) is 0 Å². The monoisotopic (exact) mass is 521 g/mol. The fraction of sp³-hybridized carbons (Fsp3) is 0.0400. The normalized spacial score (nSPS) is 10.8. The first-order chi connectivity index (χ1) is 14.2. The Kier molecular flexibility index (Phi) is 7.25. The molecule has 0 amide bonds. The van der Waals surface area contributed by atoms with E-state index in [1.54, 1.807) is 18.2 Å². The smallest absolute Gasteiger partial charge is 1.00 e. The third-order valence-electron chi connectivity index (χ3n) is 5.13. The van der Waals surface area contributed by atoms with Crippen molar-refractivity contribution in [1.29, 1.82) is 0 Å². The molecule has 0 N–H and O–H groups in total. The number of nitro groups is 1. The first-order valence-electron chi connectivity index (χ1n) is 9.48. The van der Waals surface area contributed by atoms with Crippen LogP contribution in [-0.2, 0) is 5.21 Å². The molecule has 4 aromatic carbocycles. The Morgan fingerprint density at radius 1 is 0.633 bits per heavy atom. The van der Waals surface area contributed by atoms with E-state index in [2.05, 4.69) is 72.8 Å². The van der Waals surface area contributed by atoms with Gasteiger partial charge in [0.05, 0.1) is 0 Å². The Bertz CT molecular complexity index is 1010. The van der Waals surface area contributed by atoms with E-state index in [9.17, 15) is 10.1 Å². The Labute approximate surface area is 189 Å². The molecule has 0 radical (unpaired) electrons. The van der Waals surface area contributed by atoms with Gasteiger partial charge in [-0.3, -0.25) is 0 Å². The molecule has 0 saturated carbocycles. The largest absolute Gasteiger partial charge is 1.00 e. The molecule has 150 valence electrons. The first kappa shape index (κ1) is 22.0. The summed E-state index contributed by atoms with van der Waals surface area (Å²) in [6.07, 6.45) is 0. The van der Waals surface area contributed by atoms with Crippen molar-refractivity contribution in [3.8, 4) is 0 Å². The molecule has 0 unspecified atom stereocenters. The molecule has 0 aliphatic heterocycles. The van der Waals surface area contributed by atoms with Gasteiger partial charge in [0.2, 0.25) is 0 Å². The summed E-state index contributed by atoms with van der Waals surface area (Å²) in [6.45, 7) is 0. The van der Waals surface area contributed by atoms with E-state index in [1.165, 1.54) is 13.1 Å². The third kappa shape index (κ3) is 4.40. The second kappa shape index (κ2) is 9.88. The second-order valence-electron chi connectivity index (χ2n) is 6.90. The summed E-state index contributed by atoms with van der Waals surface area (Å²) in [5.41, 5.74) is 1.15. The zero-order valence-electron chi connectivity index (χ0n) is 16.3. The summed E-state index contributed by atoms with van der Waals surface area (Å²) in [5, 5.41) is 12.1. The van der Waals surface area contributed by atoms with E-state index in [1.807, 2.05) is 24.3 Å². The summed E-state index contributed by atoms with van der Waals surface area (Å²) in [7, 11) is 0. The minimum Gasteiger partial charge on any atom is -1.00 e. The standard InChI is InChI=1S/C25H21AsNO2.BrH/c28-27(29)25-18-10-11-21(19-25)20-26(22-12-4-1-5-13-22,23-14-6-2-7-15-23)24-16-8-3-9-17-24;/h1-19H,20H2;1H/q+1;/p-1. The van der Waals surface area contributed by atoms with Crippen molar-refractivity contribution in [2.45, 2.75) is 5.21 Å². The summed E-state index contributed by atoms with van der Waals surface area (Å²) in [6, 6.07) is 39.0. The predicted octanol–water partition coefficient (Wildman–Crippen LogP) is 0.851. The number of rotatable bonds is 6. The molecule has 0 aromatic heterocycles. The molecule has 0 aliphatic carbocycles. The van der Waals surface area contributed by atoms with Crippen molar-refractivity contribution in [2.24, 2.45) is 0 Å². The van der Waals surface area contributed by atoms with Crippen LogP contribution in [0.2, 0.25) is 0 Å². The van der Waals surface area contributed by atoms with E-state index in [-0.39, 0.29) is 27.6 Å². The molecule has 4 aromatic rings. The van der Waals surface area contributed by atoms with E-state index in [0.29, 0.717) is 0 Å². The fourth-order valence-electron chi connectivity index (χ4n) is 3.81. The van der Waals surface area contributed by atoms with Crippen LogP contribution in [0, 0.1) is 10.1 Å². The summed E-state index contributed by atoms with van der Waals surface area (Å²) in [4.78, 5) is 11.0. The van der Waals surface area contributed by atoms with Crippen LogP contribution < -0.4 is 30.0 Å². The van der Waals surface area contributed by atoms with Crippen molar-refractivity contribution in [3.05, 3.63) is 131 Å². The number of non-ortho nitro benzene ring substituents is 1. The van der Waals surface area contributed by atoms with Crippen LogP contribution >= 0.6 is 0 Å². The van der Waals surface area contributed by atoms with Crippen LogP contribution in [-0.4, -0.2) is 18.5 Å². The Balaban J connectivity index is 0.00000256. The number of nitrogens with zero attached hydrogens (tertiary/aromatic N) is 1. The fourth-order valence-corrected chi connectivity index (χ4v) is 12.7. The van der Waals surface area contributed by atoms with Crippen molar-refractivity contribution in [1.82, 2.24) is 0 Å². The van der Waals surface area contributed by atoms with E-state index in [0.717, 1.165) is 10.8 Å². The van der Waals surface area contributed by atoms with Crippen molar-refractivity contribution in [2.75, 3.05) is 0 Å². The van der Waals surface area contributed by atoms with Gasteiger partial charge in [-0.05, 0) is 0 Å². The predicted molar refractivity (Wildman–Crippen MR) is 121 cm³/mol. The van der Waals surface area contributed by atoms with Gasteiger partial charge in [-0.2, -0.15) is 0 Å². The van der Waals surface area contributed by atoms with Gasteiger partial charge in [0.1, 0.15) is 0 Å². The topological polar surface area (TPSA) is 43.1 Å². The van der Waals surface area contributed by atoms with Crippen LogP contribution in [0.4, 0.5) is 5.69 Å². The van der Waals surface area contributed by atoms with E-state index >= 15 is 0 Å². The van der Waals surface area contributed by atoms with Gasteiger partial charge in [-0.1, -0.05) is 0 Å². The van der Waals surface area contributed by atoms with Crippen LogP contribution in [0.1, 0.15) is 5.56 Å². The molecule has 30 heavy (non-hydrogen) atoms. The number of benzene rings is 4. The Morgan fingerprint density at radius 2 is 1.07 bits per heavy atom. The molecule has 5 heteroatoms. The molecule has 0 bridgehead atoms. The number of halogens is 1. The average Bonchev–Trinajstić information content (AvgIpc) is 2.79. The summed E-state index contributed by atoms with van der Waals surface area (Å²) >= 11 is -2.92. The molecule has 0 fully saturated rings. The van der Waals surface area contributed by atoms with Crippen molar-refractivity contribution in [3.63, 3.8) is 0 Å². The molecular formula is C25H21AsBrNO2. The molecule has 4 rings (SSSR count). The second-order valence-corrected chi connectivity index (χ2v) is 14.2. The zero-order valence-corrected chi connectivity index (χ0v) is 19.7. The molecule has 0 spiro atoms. The number of nitro benzene ring substituents is 1.